The first-order chi connectivity index (χ1) is 28.3. The van der Waals surface area contributed by atoms with Gasteiger partial charge in [-0.1, -0.05) is 24.3 Å². The highest BCUT2D eigenvalue weighted by atomic mass is 16.6. The summed E-state index contributed by atoms with van der Waals surface area (Å²) in [5.41, 5.74) is 12.0. The molecule has 0 saturated carbocycles. The molecule has 2 aliphatic rings. The summed E-state index contributed by atoms with van der Waals surface area (Å²) in [6.07, 6.45) is 7.82. The molecular formula is C46H32N6O6. The second-order valence-electron chi connectivity index (χ2n) is 13.6. The second-order valence-corrected chi connectivity index (χ2v) is 13.6. The molecule has 0 radical (unpaired) electrons. The third-order valence-electron chi connectivity index (χ3n) is 10.2. The van der Waals surface area contributed by atoms with Gasteiger partial charge in [-0.25, -0.2) is 9.97 Å². The Bertz CT molecular complexity index is 2790. The second kappa shape index (κ2) is 14.5. The lowest BCUT2D eigenvalue weighted by molar-refractivity contribution is -0.385. The lowest BCUT2D eigenvalue weighted by Gasteiger charge is -2.08. The number of hydrogen-bond donors (Lipinski definition) is 2. The fourth-order valence-electron chi connectivity index (χ4n) is 7.44. The molecule has 0 unspecified atom stereocenters. The average Bonchev–Trinajstić information content (AvgIpc) is 4.10. The highest BCUT2D eigenvalue weighted by Crippen LogP contribution is 2.39. The lowest BCUT2D eigenvalue weighted by Crippen LogP contribution is -1.91. The smallest absolute Gasteiger partial charge is 0.269 e. The minimum absolute atomic E-state index is 0.0170. The number of aromatic nitrogens is 4. The predicted molar refractivity (Wildman–Crippen MR) is 227 cm³/mol. The van der Waals surface area contributed by atoms with Gasteiger partial charge in [0.2, 0.25) is 0 Å². The third kappa shape index (κ3) is 6.43. The van der Waals surface area contributed by atoms with Crippen molar-refractivity contribution in [3.63, 3.8) is 0 Å². The van der Waals surface area contributed by atoms with Gasteiger partial charge in [0.15, 0.2) is 0 Å². The standard InChI is InChI=1S/C46H32N6O6/c1-57-33-15-7-29(8-16-33)45-39-23-19-35(47-39)43(27-3-11-31(12-4-27)51(53)54)37-21-25-41(49-37)46(30-9-17-34(58-2)18-10-30)42-26-22-38(50-42)44(36-20-24-40(45)48-36)28-5-13-32(14-6-28)52(55)56/h3-26,47,50H,1-2H3. The number of rotatable bonds is 8. The minimum atomic E-state index is -0.415. The summed E-state index contributed by atoms with van der Waals surface area (Å²) in [4.78, 5) is 40.3. The van der Waals surface area contributed by atoms with Crippen LogP contribution in [-0.2, 0) is 0 Å². The number of methoxy groups -OCH3 is 2. The molecule has 12 heteroatoms. The van der Waals surface area contributed by atoms with Gasteiger partial charge >= 0.3 is 0 Å². The van der Waals surface area contributed by atoms with Crippen LogP contribution in [0.25, 0.3) is 90.9 Å². The molecule has 0 amide bonds. The number of hydrogen-bond acceptors (Lipinski definition) is 8. The Hall–Kier alpha value is -8.12. The Morgan fingerprint density at radius 2 is 0.672 bits per heavy atom. The van der Waals surface area contributed by atoms with E-state index in [2.05, 4.69) is 9.97 Å². The zero-order valence-corrected chi connectivity index (χ0v) is 31.1. The molecule has 5 heterocycles. The first-order valence-electron chi connectivity index (χ1n) is 18.2. The van der Waals surface area contributed by atoms with Gasteiger partial charge in [0.1, 0.15) is 11.5 Å². The van der Waals surface area contributed by atoms with Crippen molar-refractivity contribution < 1.29 is 19.3 Å². The number of nitro benzene ring substituents is 2. The number of nitrogens with one attached hydrogen (secondary N) is 2. The Morgan fingerprint density at radius 3 is 0.914 bits per heavy atom. The molecule has 9 rings (SSSR count). The SMILES string of the molecule is COc1ccc(-c2c3nc(c(-c4ccc([N+](=O)[O-])cc4)c4ccc([nH]4)c(-c4ccc(OC)cc4)c4nc(c(-c5ccc([N+](=O)[O-])cc5)c5ccc2[nH]5)C=C4)C=C3)cc1. The summed E-state index contributed by atoms with van der Waals surface area (Å²) in [6, 6.07) is 36.3. The van der Waals surface area contributed by atoms with E-state index in [9.17, 15) is 20.2 Å². The Morgan fingerprint density at radius 1 is 0.414 bits per heavy atom. The van der Waals surface area contributed by atoms with Crippen molar-refractivity contribution in [2.45, 2.75) is 0 Å². The number of nitro groups is 2. The normalized spacial score (nSPS) is 11.8. The molecule has 2 aliphatic heterocycles. The van der Waals surface area contributed by atoms with Gasteiger partial charge in [-0.15, -0.1) is 0 Å². The van der Waals surface area contributed by atoms with E-state index in [0.29, 0.717) is 34.3 Å². The van der Waals surface area contributed by atoms with Crippen LogP contribution in [-0.4, -0.2) is 44.0 Å². The zero-order chi connectivity index (χ0) is 39.9. The number of ether oxygens (including phenoxy) is 2. The van der Waals surface area contributed by atoms with Crippen LogP contribution in [0.4, 0.5) is 11.4 Å². The number of benzene rings is 4. The first-order valence-corrected chi connectivity index (χ1v) is 18.2. The molecule has 12 nitrogen and oxygen atoms in total. The number of nitrogens with zero attached hydrogens (tertiary/aromatic N) is 4. The van der Waals surface area contributed by atoms with Crippen molar-refractivity contribution in [1.82, 2.24) is 19.9 Å². The van der Waals surface area contributed by atoms with E-state index in [1.807, 2.05) is 97.1 Å². The molecule has 7 aromatic rings. The highest BCUT2D eigenvalue weighted by molar-refractivity contribution is 6.00. The van der Waals surface area contributed by atoms with Gasteiger partial charge in [0.25, 0.3) is 11.4 Å². The van der Waals surface area contributed by atoms with Crippen molar-refractivity contribution in [3.8, 4) is 56.0 Å². The summed E-state index contributed by atoms with van der Waals surface area (Å²) in [6.45, 7) is 0. The Labute approximate surface area is 330 Å². The van der Waals surface area contributed by atoms with Crippen molar-refractivity contribution in [1.29, 1.82) is 0 Å². The molecule has 3 aromatic heterocycles. The molecule has 0 saturated heterocycles. The van der Waals surface area contributed by atoms with Gasteiger partial charge in [0, 0.05) is 68.6 Å². The van der Waals surface area contributed by atoms with E-state index in [1.54, 1.807) is 38.5 Å². The number of H-pyrrole nitrogens is 2. The molecule has 0 fully saturated rings. The highest BCUT2D eigenvalue weighted by Gasteiger charge is 2.20. The molecule has 8 bridgehead atoms. The van der Waals surface area contributed by atoms with Crippen LogP contribution in [0, 0.1) is 20.2 Å². The van der Waals surface area contributed by atoms with E-state index in [1.165, 1.54) is 24.3 Å². The van der Waals surface area contributed by atoms with E-state index in [0.717, 1.165) is 66.6 Å². The first kappa shape index (κ1) is 35.6. The molecule has 282 valence electrons. The summed E-state index contributed by atoms with van der Waals surface area (Å²) in [7, 11) is 3.24. The largest absolute Gasteiger partial charge is 0.497 e. The molecule has 0 spiro atoms. The molecule has 58 heavy (non-hydrogen) atoms. The van der Waals surface area contributed by atoms with Gasteiger partial charge < -0.3 is 19.4 Å². The lowest BCUT2D eigenvalue weighted by atomic mass is 10.0. The molecule has 4 aromatic carbocycles. The van der Waals surface area contributed by atoms with E-state index < -0.39 is 9.85 Å². The molecule has 2 N–H and O–H groups in total. The van der Waals surface area contributed by atoms with Crippen molar-refractivity contribution in [2.75, 3.05) is 14.2 Å². The van der Waals surface area contributed by atoms with Crippen LogP contribution >= 0.6 is 0 Å². The number of non-ortho nitro benzene ring substituents is 2. The van der Waals surface area contributed by atoms with Crippen LogP contribution in [0.2, 0.25) is 0 Å². The van der Waals surface area contributed by atoms with Gasteiger partial charge in [0.05, 0.1) is 46.8 Å². The van der Waals surface area contributed by atoms with E-state index >= 15 is 0 Å². The molecule has 0 atom stereocenters. The number of fused-ring (bicyclic) bond motifs is 8. The van der Waals surface area contributed by atoms with Crippen LogP contribution in [0.15, 0.2) is 121 Å². The van der Waals surface area contributed by atoms with E-state index in [4.69, 9.17) is 19.4 Å². The van der Waals surface area contributed by atoms with Crippen molar-refractivity contribution >= 4 is 57.7 Å². The quantitative estimate of drug-likeness (QED) is 0.114. The topological polar surface area (TPSA) is 162 Å². The van der Waals surface area contributed by atoms with Crippen LogP contribution in [0.5, 0.6) is 11.5 Å². The fourth-order valence-corrected chi connectivity index (χ4v) is 7.44. The summed E-state index contributed by atoms with van der Waals surface area (Å²) in [5, 5.41) is 23.3. The van der Waals surface area contributed by atoms with Crippen LogP contribution in [0.1, 0.15) is 22.8 Å². The van der Waals surface area contributed by atoms with Crippen LogP contribution < -0.4 is 9.47 Å². The fraction of sp³-hybridized carbons (Fsp3) is 0.0435. The average molecular weight is 765 g/mol. The van der Waals surface area contributed by atoms with Gasteiger partial charge in [-0.3, -0.25) is 20.2 Å². The summed E-state index contributed by atoms with van der Waals surface area (Å²) in [5.74, 6) is 1.41. The molecular weight excluding hydrogens is 733 g/mol. The predicted octanol–water partition coefficient (Wildman–Crippen LogP) is 11.2. The van der Waals surface area contributed by atoms with Gasteiger partial charge in [-0.2, -0.15) is 0 Å². The summed E-state index contributed by atoms with van der Waals surface area (Å²) < 4.78 is 11.0. The maximum Gasteiger partial charge on any atom is 0.269 e. The maximum atomic E-state index is 11.6. The zero-order valence-electron chi connectivity index (χ0n) is 31.1. The monoisotopic (exact) mass is 764 g/mol. The Kier molecular flexibility index (Phi) is 8.90. The van der Waals surface area contributed by atoms with Crippen molar-refractivity contribution in [3.05, 3.63) is 164 Å². The maximum absolute atomic E-state index is 11.6. The third-order valence-corrected chi connectivity index (χ3v) is 10.2. The summed E-state index contributed by atoms with van der Waals surface area (Å²) >= 11 is 0. The van der Waals surface area contributed by atoms with Crippen LogP contribution in [0.3, 0.4) is 0 Å². The van der Waals surface area contributed by atoms with Crippen molar-refractivity contribution in [2.24, 2.45) is 0 Å². The number of aromatic amines is 2. The minimum Gasteiger partial charge on any atom is -0.497 e. The molecule has 0 aliphatic carbocycles. The van der Waals surface area contributed by atoms with E-state index in [-0.39, 0.29) is 11.4 Å². The van der Waals surface area contributed by atoms with Gasteiger partial charge in [-0.05, 0) is 119 Å². The Balaban J connectivity index is 1.43.